The van der Waals surface area contributed by atoms with Crippen LogP contribution in [-0.4, -0.2) is 67.3 Å². The number of nitrogens with zero attached hydrogens (tertiary/aromatic N) is 6. The van der Waals surface area contributed by atoms with Gasteiger partial charge in [-0.15, -0.1) is 0 Å². The highest BCUT2D eigenvalue weighted by atomic mass is 16.5. The maximum Gasteiger partial charge on any atom is 0.181 e. The van der Waals surface area contributed by atoms with Gasteiger partial charge >= 0.3 is 0 Å². The molecule has 150 valence electrons. The van der Waals surface area contributed by atoms with E-state index in [1.807, 2.05) is 38.4 Å². The molecule has 0 aromatic carbocycles. The van der Waals surface area contributed by atoms with Gasteiger partial charge in [0, 0.05) is 36.3 Å². The second-order valence-corrected chi connectivity index (χ2v) is 7.21. The molecule has 0 bridgehead atoms. The van der Waals surface area contributed by atoms with E-state index in [1.54, 1.807) is 24.8 Å². The molecule has 0 unspecified atom stereocenters. The molecule has 0 radical (unpaired) electrons. The number of H-pyrrole nitrogens is 2. The number of ether oxygens (including phenoxy) is 1. The molecule has 9 heteroatoms. The van der Waals surface area contributed by atoms with Crippen LogP contribution in [0, 0.1) is 0 Å². The first-order valence-corrected chi connectivity index (χ1v) is 9.55. The molecule has 0 saturated carbocycles. The third kappa shape index (κ3) is 3.46. The van der Waals surface area contributed by atoms with Crippen molar-refractivity contribution >= 4 is 22.2 Å². The second kappa shape index (κ2) is 7.53. The number of pyridine rings is 3. The predicted molar refractivity (Wildman–Crippen MR) is 114 cm³/mol. The zero-order valence-electron chi connectivity index (χ0n) is 16.6. The Balaban J connectivity index is 1.50. The van der Waals surface area contributed by atoms with Gasteiger partial charge in [-0.1, -0.05) is 0 Å². The summed E-state index contributed by atoms with van der Waals surface area (Å²) in [4.78, 5) is 23.0. The van der Waals surface area contributed by atoms with Crippen molar-refractivity contribution in [2.75, 3.05) is 27.2 Å². The molecule has 5 rings (SSSR count). The van der Waals surface area contributed by atoms with Gasteiger partial charge in [0.15, 0.2) is 17.1 Å². The Morgan fingerprint density at radius 1 is 1.03 bits per heavy atom. The topological polar surface area (TPSA) is 108 Å². The van der Waals surface area contributed by atoms with Gasteiger partial charge in [-0.2, -0.15) is 5.10 Å². The smallest absolute Gasteiger partial charge is 0.181 e. The van der Waals surface area contributed by atoms with E-state index in [1.165, 1.54) is 0 Å². The van der Waals surface area contributed by atoms with Crippen LogP contribution >= 0.6 is 0 Å². The number of nitrogens with one attached hydrogen (secondary N) is 2. The van der Waals surface area contributed by atoms with Gasteiger partial charge in [-0.05, 0) is 38.4 Å². The lowest BCUT2D eigenvalue weighted by Gasteiger charge is -2.11. The molecule has 0 fully saturated rings. The maximum absolute atomic E-state index is 5.81. The number of likely N-dealkylation sites (N-methyl/N-ethyl adjacent to an activating group) is 1. The number of imidazole rings is 1. The Morgan fingerprint density at radius 3 is 2.80 bits per heavy atom. The molecular weight excluding hydrogens is 380 g/mol. The van der Waals surface area contributed by atoms with E-state index in [9.17, 15) is 0 Å². The van der Waals surface area contributed by atoms with Crippen LogP contribution in [0.15, 0.2) is 49.1 Å². The second-order valence-electron chi connectivity index (χ2n) is 7.21. The Kier molecular flexibility index (Phi) is 4.56. The summed E-state index contributed by atoms with van der Waals surface area (Å²) < 4.78 is 5.81. The minimum Gasteiger partial charge on any atom is -0.491 e. The van der Waals surface area contributed by atoms with Crippen molar-refractivity contribution in [3.05, 3.63) is 49.1 Å². The highest BCUT2D eigenvalue weighted by molar-refractivity contribution is 5.93. The van der Waals surface area contributed by atoms with E-state index >= 15 is 0 Å². The molecule has 5 heterocycles. The van der Waals surface area contributed by atoms with Gasteiger partial charge in [0.2, 0.25) is 0 Å². The van der Waals surface area contributed by atoms with Gasteiger partial charge in [0.05, 0.1) is 17.1 Å². The predicted octanol–water partition coefficient (Wildman–Crippen LogP) is 2.90. The number of rotatable bonds is 6. The van der Waals surface area contributed by atoms with Crippen molar-refractivity contribution in [3.63, 3.8) is 0 Å². The lowest BCUT2D eigenvalue weighted by Crippen LogP contribution is -2.19. The zero-order valence-corrected chi connectivity index (χ0v) is 16.6. The van der Waals surface area contributed by atoms with Gasteiger partial charge in [-0.25, -0.2) is 15.0 Å². The monoisotopic (exact) mass is 400 g/mol. The fourth-order valence-electron chi connectivity index (χ4n) is 3.20. The van der Waals surface area contributed by atoms with Crippen molar-refractivity contribution in [2.24, 2.45) is 0 Å². The van der Waals surface area contributed by atoms with E-state index in [2.05, 4.69) is 40.0 Å². The molecule has 2 N–H and O–H groups in total. The number of hydrogen-bond acceptors (Lipinski definition) is 7. The fraction of sp³-hybridized carbons (Fsp3) is 0.190. The largest absolute Gasteiger partial charge is 0.491 e. The minimum atomic E-state index is 0.599. The van der Waals surface area contributed by atoms with E-state index < -0.39 is 0 Å². The molecule has 0 saturated heterocycles. The van der Waals surface area contributed by atoms with E-state index in [-0.39, 0.29) is 0 Å². The van der Waals surface area contributed by atoms with Gasteiger partial charge in [0.25, 0.3) is 0 Å². The Labute approximate surface area is 172 Å². The van der Waals surface area contributed by atoms with Crippen LogP contribution in [0.25, 0.3) is 44.8 Å². The molecule has 0 aliphatic rings. The van der Waals surface area contributed by atoms with Crippen LogP contribution in [-0.2, 0) is 0 Å². The van der Waals surface area contributed by atoms with E-state index in [0.717, 1.165) is 40.0 Å². The molecule has 0 aliphatic carbocycles. The molecule has 30 heavy (non-hydrogen) atoms. The molecule has 0 amide bonds. The minimum absolute atomic E-state index is 0.599. The average Bonchev–Trinajstić information content (AvgIpc) is 3.37. The van der Waals surface area contributed by atoms with Gasteiger partial charge < -0.3 is 14.6 Å². The summed E-state index contributed by atoms with van der Waals surface area (Å²) in [6, 6.07) is 7.81. The first kappa shape index (κ1) is 18.2. The Hall–Kier alpha value is -3.85. The Morgan fingerprint density at radius 2 is 1.93 bits per heavy atom. The summed E-state index contributed by atoms with van der Waals surface area (Å²) in [7, 11) is 4.03. The maximum atomic E-state index is 5.81. The number of aromatic nitrogens is 7. The molecule has 5 aromatic heterocycles. The lowest BCUT2D eigenvalue weighted by atomic mass is 10.1. The molecule has 0 atom stereocenters. The summed E-state index contributed by atoms with van der Waals surface area (Å²) in [5.74, 6) is 1.40. The van der Waals surface area contributed by atoms with Crippen LogP contribution in [0.3, 0.4) is 0 Å². The number of fused-ring (bicyclic) bond motifs is 2. The number of hydrogen-bond donors (Lipinski definition) is 2. The molecule has 0 aliphatic heterocycles. The van der Waals surface area contributed by atoms with Gasteiger partial charge in [0.1, 0.15) is 18.1 Å². The fourth-order valence-corrected chi connectivity index (χ4v) is 3.20. The standard InChI is InChI=1S/C21H20N8O/c1-29(2)6-7-30-15-8-13(10-22-12-15)14-9-16-18(27-28-19(16)24-11-14)21-25-17-4-3-5-23-20(17)26-21/h3-5,8-12H,6-7H2,1-2H3,(H,23,25,26)(H,24,27,28). The highest BCUT2D eigenvalue weighted by Gasteiger charge is 2.14. The number of aromatic amines is 2. The normalized spacial score (nSPS) is 11.6. The summed E-state index contributed by atoms with van der Waals surface area (Å²) >= 11 is 0. The Bertz CT molecular complexity index is 1290. The summed E-state index contributed by atoms with van der Waals surface area (Å²) in [5.41, 5.74) is 4.75. The first-order valence-electron chi connectivity index (χ1n) is 9.55. The average molecular weight is 400 g/mol. The van der Waals surface area contributed by atoms with Crippen LogP contribution < -0.4 is 4.74 Å². The van der Waals surface area contributed by atoms with Crippen LogP contribution in [0.5, 0.6) is 5.75 Å². The van der Waals surface area contributed by atoms with Crippen LogP contribution in [0.4, 0.5) is 0 Å². The molecule has 9 nitrogen and oxygen atoms in total. The van der Waals surface area contributed by atoms with E-state index in [4.69, 9.17) is 4.74 Å². The van der Waals surface area contributed by atoms with Crippen molar-refractivity contribution < 1.29 is 4.74 Å². The van der Waals surface area contributed by atoms with Crippen molar-refractivity contribution in [2.45, 2.75) is 0 Å². The quantitative estimate of drug-likeness (QED) is 0.451. The lowest BCUT2D eigenvalue weighted by molar-refractivity contribution is 0.261. The third-order valence-corrected chi connectivity index (χ3v) is 4.76. The summed E-state index contributed by atoms with van der Waals surface area (Å²) in [6.45, 7) is 1.43. The van der Waals surface area contributed by atoms with Crippen LogP contribution in [0.1, 0.15) is 0 Å². The third-order valence-electron chi connectivity index (χ3n) is 4.76. The zero-order chi connectivity index (χ0) is 20.5. The SMILES string of the molecule is CN(C)CCOc1cncc(-c2cnc3n[nH]c(-c4nc5ncccc5[nH]4)c3c2)c1. The van der Waals surface area contributed by atoms with Crippen molar-refractivity contribution in [3.8, 4) is 28.4 Å². The molecular formula is C21H20N8O. The molecule has 5 aromatic rings. The molecule has 0 spiro atoms. The van der Waals surface area contributed by atoms with Crippen molar-refractivity contribution in [1.82, 2.24) is 40.0 Å². The van der Waals surface area contributed by atoms with E-state index in [0.29, 0.717) is 23.7 Å². The van der Waals surface area contributed by atoms with Crippen molar-refractivity contribution in [1.29, 1.82) is 0 Å². The summed E-state index contributed by atoms with van der Waals surface area (Å²) in [6.07, 6.45) is 7.02. The first-order chi connectivity index (χ1) is 14.7. The highest BCUT2D eigenvalue weighted by Crippen LogP contribution is 2.29. The summed E-state index contributed by atoms with van der Waals surface area (Å²) in [5, 5.41) is 8.22. The van der Waals surface area contributed by atoms with Gasteiger partial charge in [-0.3, -0.25) is 10.1 Å². The van der Waals surface area contributed by atoms with Crippen LogP contribution in [0.2, 0.25) is 0 Å².